The molecule has 1 aromatic carbocycles. The van der Waals surface area contributed by atoms with Crippen molar-refractivity contribution in [3.05, 3.63) is 11.6 Å². The summed E-state index contributed by atoms with van der Waals surface area (Å²) in [6, 6.07) is 1.58. The van der Waals surface area contributed by atoms with Crippen LogP contribution in [0.5, 0.6) is 23.0 Å². The third kappa shape index (κ3) is 3.49. The van der Waals surface area contributed by atoms with E-state index in [0.29, 0.717) is 54.7 Å². The van der Waals surface area contributed by atoms with E-state index in [4.69, 9.17) is 30.1 Å². The van der Waals surface area contributed by atoms with Crippen LogP contribution in [0.25, 0.3) is 0 Å². The number of carbonyl (C=O) groups excluding carboxylic acids is 1. The summed E-state index contributed by atoms with van der Waals surface area (Å²) in [5.74, 6) is 1.14. The van der Waals surface area contributed by atoms with E-state index < -0.39 is 0 Å². The van der Waals surface area contributed by atoms with Crippen LogP contribution in [0.15, 0.2) is 6.07 Å². The van der Waals surface area contributed by atoms with Crippen molar-refractivity contribution in [1.29, 1.82) is 5.41 Å². The first kappa shape index (κ1) is 18.5. The second kappa shape index (κ2) is 7.82. The standard InChI is InChI=1S/C16H24N4O5/c1-22-11-9-10(12(23-2)14(25-4)13(11)24-3)15(21)19-5-7-20(8-6-19)16(17)18/h9H,5-8H2,1-4H3,(H3,17,18). The van der Waals surface area contributed by atoms with Crippen LogP contribution >= 0.6 is 0 Å². The van der Waals surface area contributed by atoms with Gasteiger partial charge in [-0.2, -0.15) is 0 Å². The molecule has 138 valence electrons. The van der Waals surface area contributed by atoms with Crippen LogP contribution in [-0.4, -0.2) is 76.3 Å². The van der Waals surface area contributed by atoms with E-state index in [2.05, 4.69) is 0 Å². The van der Waals surface area contributed by atoms with Crippen molar-refractivity contribution < 1.29 is 23.7 Å². The van der Waals surface area contributed by atoms with E-state index in [1.165, 1.54) is 28.4 Å². The third-order valence-electron chi connectivity index (χ3n) is 4.13. The highest BCUT2D eigenvalue weighted by Gasteiger charge is 2.29. The number of piperazine rings is 1. The number of nitrogens with two attached hydrogens (primary N) is 1. The first-order chi connectivity index (χ1) is 12.0. The summed E-state index contributed by atoms with van der Waals surface area (Å²) in [6.07, 6.45) is 0. The fourth-order valence-corrected chi connectivity index (χ4v) is 2.81. The van der Waals surface area contributed by atoms with Crippen molar-refractivity contribution in [3.63, 3.8) is 0 Å². The summed E-state index contributed by atoms with van der Waals surface area (Å²) in [6.45, 7) is 1.93. The van der Waals surface area contributed by atoms with E-state index in [1.54, 1.807) is 15.9 Å². The quantitative estimate of drug-likeness (QED) is 0.582. The molecule has 1 aromatic rings. The highest BCUT2D eigenvalue weighted by molar-refractivity contribution is 5.99. The maximum absolute atomic E-state index is 13.0. The lowest BCUT2D eigenvalue weighted by atomic mass is 10.1. The van der Waals surface area contributed by atoms with E-state index in [9.17, 15) is 4.79 Å². The van der Waals surface area contributed by atoms with Gasteiger partial charge < -0.3 is 34.5 Å². The van der Waals surface area contributed by atoms with Crippen molar-refractivity contribution in [2.45, 2.75) is 0 Å². The molecule has 1 saturated heterocycles. The molecule has 0 spiro atoms. The molecule has 1 heterocycles. The van der Waals surface area contributed by atoms with Crippen molar-refractivity contribution in [1.82, 2.24) is 9.80 Å². The Morgan fingerprint density at radius 1 is 0.920 bits per heavy atom. The van der Waals surface area contributed by atoms with Gasteiger partial charge in [-0.1, -0.05) is 0 Å². The topological polar surface area (TPSA) is 110 Å². The third-order valence-corrected chi connectivity index (χ3v) is 4.13. The lowest BCUT2D eigenvalue weighted by molar-refractivity contribution is 0.0686. The van der Waals surface area contributed by atoms with Crippen LogP contribution in [0.1, 0.15) is 10.4 Å². The van der Waals surface area contributed by atoms with Crippen molar-refractivity contribution >= 4 is 11.9 Å². The minimum Gasteiger partial charge on any atom is -0.493 e. The number of hydrogen-bond donors (Lipinski definition) is 2. The second-order valence-electron chi connectivity index (χ2n) is 5.39. The maximum Gasteiger partial charge on any atom is 0.258 e. The number of carbonyl (C=O) groups is 1. The molecule has 0 bridgehead atoms. The number of benzene rings is 1. The average Bonchev–Trinajstić information content (AvgIpc) is 2.65. The first-order valence-electron chi connectivity index (χ1n) is 7.73. The SMILES string of the molecule is COc1cc(C(=O)N2CCN(C(=N)N)CC2)c(OC)c(OC)c1OC. The number of nitrogens with zero attached hydrogens (tertiary/aromatic N) is 2. The summed E-state index contributed by atoms with van der Waals surface area (Å²) in [5.41, 5.74) is 5.82. The molecule has 0 aliphatic carbocycles. The minimum absolute atomic E-state index is 0.0115. The Balaban J connectivity index is 2.38. The van der Waals surface area contributed by atoms with Gasteiger partial charge in [0.05, 0.1) is 34.0 Å². The summed E-state index contributed by atoms with van der Waals surface area (Å²) in [7, 11) is 5.92. The molecule has 0 aromatic heterocycles. The van der Waals surface area contributed by atoms with Gasteiger partial charge in [0, 0.05) is 32.2 Å². The molecule has 9 heteroatoms. The Hall–Kier alpha value is -2.84. The Labute approximate surface area is 146 Å². The minimum atomic E-state index is -0.209. The molecule has 1 aliphatic rings. The van der Waals surface area contributed by atoms with Gasteiger partial charge in [0.1, 0.15) is 0 Å². The monoisotopic (exact) mass is 352 g/mol. The van der Waals surface area contributed by atoms with Gasteiger partial charge >= 0.3 is 0 Å². The first-order valence-corrected chi connectivity index (χ1v) is 7.73. The van der Waals surface area contributed by atoms with E-state index >= 15 is 0 Å². The molecule has 0 radical (unpaired) electrons. The summed E-state index contributed by atoms with van der Waals surface area (Å²) >= 11 is 0. The van der Waals surface area contributed by atoms with Gasteiger partial charge in [0.2, 0.25) is 11.5 Å². The van der Waals surface area contributed by atoms with Crippen LogP contribution in [0.3, 0.4) is 0 Å². The molecule has 0 unspecified atom stereocenters. The molecule has 0 saturated carbocycles. The Bertz CT molecular complexity index is 656. The lowest BCUT2D eigenvalue weighted by Crippen LogP contribution is -2.52. The predicted molar refractivity (Wildman–Crippen MR) is 92.0 cm³/mol. The molecule has 2 rings (SSSR count). The van der Waals surface area contributed by atoms with Crippen molar-refractivity contribution in [3.8, 4) is 23.0 Å². The zero-order valence-electron chi connectivity index (χ0n) is 14.9. The van der Waals surface area contributed by atoms with Crippen LogP contribution in [-0.2, 0) is 0 Å². The highest BCUT2D eigenvalue weighted by atomic mass is 16.5. The molecule has 25 heavy (non-hydrogen) atoms. The predicted octanol–water partition coefficient (Wildman–Crippen LogP) is 0.372. The largest absolute Gasteiger partial charge is 0.493 e. The summed E-state index contributed by atoms with van der Waals surface area (Å²) in [4.78, 5) is 16.4. The molecule has 3 N–H and O–H groups in total. The highest BCUT2D eigenvalue weighted by Crippen LogP contribution is 2.46. The number of nitrogens with one attached hydrogen (secondary N) is 1. The van der Waals surface area contributed by atoms with Gasteiger partial charge in [-0.25, -0.2) is 0 Å². The van der Waals surface area contributed by atoms with Gasteiger partial charge in [-0.15, -0.1) is 0 Å². The number of guanidine groups is 1. The second-order valence-corrected chi connectivity index (χ2v) is 5.39. The summed E-state index contributed by atoms with van der Waals surface area (Å²) < 4.78 is 21.4. The van der Waals surface area contributed by atoms with Crippen molar-refractivity contribution in [2.75, 3.05) is 54.6 Å². The fourth-order valence-electron chi connectivity index (χ4n) is 2.81. The molecule has 9 nitrogen and oxygen atoms in total. The van der Waals surface area contributed by atoms with Crippen LogP contribution in [0, 0.1) is 5.41 Å². The zero-order valence-corrected chi connectivity index (χ0v) is 14.9. The van der Waals surface area contributed by atoms with Gasteiger partial charge in [-0.3, -0.25) is 10.2 Å². The number of amides is 1. The fraction of sp³-hybridized carbons (Fsp3) is 0.500. The van der Waals surface area contributed by atoms with E-state index in [0.717, 1.165) is 0 Å². The van der Waals surface area contributed by atoms with Crippen molar-refractivity contribution in [2.24, 2.45) is 5.73 Å². The van der Waals surface area contributed by atoms with Crippen LogP contribution in [0.4, 0.5) is 0 Å². The number of rotatable bonds is 5. The summed E-state index contributed by atoms with van der Waals surface area (Å²) in [5, 5.41) is 7.47. The lowest BCUT2D eigenvalue weighted by Gasteiger charge is -2.35. The van der Waals surface area contributed by atoms with Crippen LogP contribution in [0.2, 0.25) is 0 Å². The average molecular weight is 352 g/mol. The Kier molecular flexibility index (Phi) is 5.79. The smallest absolute Gasteiger partial charge is 0.258 e. The zero-order chi connectivity index (χ0) is 18.6. The molecular formula is C16H24N4O5. The Morgan fingerprint density at radius 3 is 1.88 bits per heavy atom. The molecule has 1 fully saturated rings. The molecule has 1 aliphatic heterocycles. The molecular weight excluding hydrogens is 328 g/mol. The van der Waals surface area contributed by atoms with E-state index in [-0.39, 0.29) is 11.9 Å². The number of hydrogen-bond acceptors (Lipinski definition) is 6. The molecule has 1 amide bonds. The van der Waals surface area contributed by atoms with Gasteiger partial charge in [0.15, 0.2) is 17.5 Å². The van der Waals surface area contributed by atoms with E-state index in [1.807, 2.05) is 0 Å². The van der Waals surface area contributed by atoms with Gasteiger partial charge in [-0.05, 0) is 0 Å². The number of ether oxygens (including phenoxy) is 4. The normalized spacial score (nSPS) is 14.1. The number of methoxy groups -OCH3 is 4. The maximum atomic E-state index is 13.0. The van der Waals surface area contributed by atoms with Gasteiger partial charge in [0.25, 0.3) is 5.91 Å². The molecule has 0 atom stereocenters. The van der Waals surface area contributed by atoms with Crippen LogP contribution < -0.4 is 24.7 Å². The Morgan fingerprint density at radius 2 is 1.44 bits per heavy atom.